The van der Waals surface area contributed by atoms with E-state index in [2.05, 4.69) is 10.6 Å². The van der Waals surface area contributed by atoms with Crippen LogP contribution in [0.3, 0.4) is 0 Å². The van der Waals surface area contributed by atoms with Gasteiger partial charge in [0.1, 0.15) is 29.0 Å². The number of nitrogens with two attached hydrogens (primary N) is 1. The first-order valence-corrected chi connectivity index (χ1v) is 12.8. The molecule has 2 aliphatic heterocycles. The van der Waals surface area contributed by atoms with E-state index >= 15 is 4.39 Å². The van der Waals surface area contributed by atoms with Crippen LogP contribution in [0.25, 0.3) is 0 Å². The van der Waals surface area contributed by atoms with E-state index in [1.165, 1.54) is 0 Å². The van der Waals surface area contributed by atoms with Gasteiger partial charge in [-0.15, -0.1) is 0 Å². The van der Waals surface area contributed by atoms with Crippen molar-refractivity contribution in [2.24, 2.45) is 5.73 Å². The first-order valence-electron chi connectivity index (χ1n) is 12.5. The Hall–Kier alpha value is -4.68. The molecule has 19 heteroatoms. The molecule has 8 N–H and O–H groups in total. The van der Waals surface area contributed by atoms with E-state index in [-0.39, 0.29) is 38.2 Å². The van der Waals surface area contributed by atoms with Crippen molar-refractivity contribution < 1.29 is 57.8 Å². The second-order valence-electron chi connectivity index (χ2n) is 9.42. The first-order chi connectivity index (χ1) is 20.3. The van der Waals surface area contributed by atoms with Gasteiger partial charge in [-0.3, -0.25) is 19.3 Å². The van der Waals surface area contributed by atoms with E-state index in [1.54, 1.807) is 0 Å². The SMILES string of the molecule is NCCN1CCN(C(=O)N[C@@H](C(=O)N[C@H]2Cc3ccc(F)c(C(=O)O)c3OB2O)c2c(F)cc(O)c(O)c2Cl)C(=O)C1=O. The molecule has 0 unspecified atom stereocenters. The Balaban J connectivity index is 1.64. The lowest BCUT2D eigenvalue weighted by atomic mass is 9.72. The number of benzene rings is 2. The number of aromatic hydroxyl groups is 2. The molecule has 2 aliphatic rings. The number of carboxylic acid groups (broad SMARTS) is 1. The molecule has 2 aromatic rings. The maximum absolute atomic E-state index is 15.1. The maximum Gasteiger partial charge on any atom is 0.547 e. The summed E-state index contributed by atoms with van der Waals surface area (Å²) in [6.45, 7) is -0.334. The third-order valence-corrected chi connectivity index (χ3v) is 7.11. The van der Waals surface area contributed by atoms with Crippen LogP contribution in [0.4, 0.5) is 13.6 Å². The van der Waals surface area contributed by atoms with Crippen LogP contribution in [0.5, 0.6) is 17.2 Å². The summed E-state index contributed by atoms with van der Waals surface area (Å²) in [6.07, 6.45) is -0.323. The normalized spacial score (nSPS) is 17.2. The van der Waals surface area contributed by atoms with Crippen LogP contribution in [0.15, 0.2) is 18.2 Å². The minimum absolute atomic E-state index is 0.0359. The van der Waals surface area contributed by atoms with E-state index in [0.717, 1.165) is 17.0 Å². The summed E-state index contributed by atoms with van der Waals surface area (Å²) in [4.78, 5) is 64.6. The topological polar surface area (TPSA) is 232 Å². The number of piperazine rings is 1. The highest BCUT2D eigenvalue weighted by atomic mass is 35.5. The summed E-state index contributed by atoms with van der Waals surface area (Å²) < 4.78 is 34.3. The quantitative estimate of drug-likeness (QED) is 0.115. The number of urea groups is 1. The molecule has 0 radical (unpaired) electrons. The molecule has 0 aliphatic carbocycles. The number of amides is 5. The number of hydrogen-bond acceptors (Lipinski definition) is 10. The fourth-order valence-corrected chi connectivity index (χ4v) is 4.90. The Morgan fingerprint density at radius 3 is 2.51 bits per heavy atom. The van der Waals surface area contributed by atoms with Crippen LogP contribution in [-0.2, 0) is 20.8 Å². The van der Waals surface area contributed by atoms with E-state index in [4.69, 9.17) is 22.0 Å². The van der Waals surface area contributed by atoms with Crippen LogP contribution >= 0.6 is 11.6 Å². The van der Waals surface area contributed by atoms with Gasteiger partial charge in [0.2, 0.25) is 5.91 Å². The number of carbonyl (C=O) groups is 5. The standard InChI is InChI=1S/C24H23BClF2N5O10/c26-16-14(11(28)8-12(34)18(16)35)17(31-24(41)33-6-5-32(4-3-29)21(37)22(33)38)20(36)30-13-7-9-1-2-10(27)15(23(39)40)19(9)43-25(13)42/h1-2,8,13,17,34-35,42H,3-7,29H2,(H,30,36)(H,31,41)(H,39,40)/t13-,17+/m0/s1. The van der Waals surface area contributed by atoms with Crippen molar-refractivity contribution in [1.82, 2.24) is 20.4 Å². The molecule has 0 spiro atoms. The molecule has 0 aromatic heterocycles. The monoisotopic (exact) mass is 625 g/mol. The molecule has 2 heterocycles. The van der Waals surface area contributed by atoms with Gasteiger partial charge in [-0.05, 0) is 18.1 Å². The fourth-order valence-electron chi connectivity index (χ4n) is 4.61. The average molecular weight is 626 g/mol. The number of rotatable bonds is 7. The summed E-state index contributed by atoms with van der Waals surface area (Å²) >= 11 is 6.02. The van der Waals surface area contributed by atoms with Crippen molar-refractivity contribution in [1.29, 1.82) is 0 Å². The van der Waals surface area contributed by atoms with Crippen LogP contribution in [0.1, 0.15) is 27.5 Å². The molecule has 4 rings (SSSR count). The lowest BCUT2D eigenvalue weighted by Gasteiger charge is -2.34. The lowest BCUT2D eigenvalue weighted by Crippen LogP contribution is -2.60. The smallest absolute Gasteiger partial charge is 0.534 e. The second kappa shape index (κ2) is 12.3. The fraction of sp³-hybridized carbons (Fsp3) is 0.292. The molecule has 0 bridgehead atoms. The second-order valence-corrected chi connectivity index (χ2v) is 9.80. The van der Waals surface area contributed by atoms with Crippen LogP contribution < -0.4 is 21.0 Å². The highest BCUT2D eigenvalue weighted by Gasteiger charge is 2.42. The van der Waals surface area contributed by atoms with Crippen LogP contribution in [-0.4, -0.2) is 99.1 Å². The number of nitrogens with one attached hydrogen (secondary N) is 2. The summed E-state index contributed by atoms with van der Waals surface area (Å²) in [7, 11) is -1.96. The molecule has 5 amide bonds. The third-order valence-electron chi connectivity index (χ3n) is 6.73. The number of carboxylic acids is 1. The van der Waals surface area contributed by atoms with Gasteiger partial charge >= 0.3 is 30.9 Å². The van der Waals surface area contributed by atoms with Gasteiger partial charge in [-0.1, -0.05) is 17.7 Å². The summed E-state index contributed by atoms with van der Waals surface area (Å²) in [5.74, 6) is -11.7. The molecule has 43 heavy (non-hydrogen) atoms. The molecule has 1 fully saturated rings. The van der Waals surface area contributed by atoms with Crippen molar-refractivity contribution in [3.8, 4) is 17.2 Å². The zero-order valence-electron chi connectivity index (χ0n) is 21.8. The number of fused-ring (bicyclic) bond motifs is 1. The van der Waals surface area contributed by atoms with Crippen molar-refractivity contribution in [3.05, 3.63) is 51.5 Å². The predicted octanol–water partition coefficient (Wildman–Crippen LogP) is -0.753. The Bertz CT molecular complexity index is 1530. The van der Waals surface area contributed by atoms with Gasteiger partial charge in [0, 0.05) is 37.8 Å². The molecule has 2 atom stereocenters. The van der Waals surface area contributed by atoms with Crippen molar-refractivity contribution >= 4 is 48.4 Å². The third kappa shape index (κ3) is 5.97. The number of imide groups is 1. The van der Waals surface area contributed by atoms with Gasteiger partial charge < -0.3 is 46.3 Å². The van der Waals surface area contributed by atoms with Crippen molar-refractivity contribution in [3.63, 3.8) is 0 Å². The minimum atomic E-state index is -2.15. The zero-order valence-corrected chi connectivity index (χ0v) is 22.6. The first kappa shape index (κ1) is 31.3. The molecule has 228 valence electrons. The van der Waals surface area contributed by atoms with E-state index in [9.17, 15) is 48.7 Å². The van der Waals surface area contributed by atoms with Crippen molar-refractivity contribution in [2.75, 3.05) is 26.2 Å². The zero-order chi connectivity index (χ0) is 31.7. The number of phenolic OH excluding ortho intramolecular Hbond substituents is 2. The summed E-state index contributed by atoms with van der Waals surface area (Å²) in [5.41, 5.74) is 3.78. The van der Waals surface area contributed by atoms with Gasteiger partial charge in [0.25, 0.3) is 0 Å². The molecule has 1 saturated heterocycles. The Morgan fingerprint density at radius 2 is 1.86 bits per heavy atom. The van der Waals surface area contributed by atoms with Gasteiger partial charge in [-0.25, -0.2) is 18.4 Å². The number of hydrogen-bond donors (Lipinski definition) is 7. The van der Waals surface area contributed by atoms with E-state index in [0.29, 0.717) is 11.0 Å². The van der Waals surface area contributed by atoms with Gasteiger partial charge in [0.15, 0.2) is 11.5 Å². The van der Waals surface area contributed by atoms with E-state index in [1.807, 2.05) is 0 Å². The highest BCUT2D eigenvalue weighted by molar-refractivity contribution is 6.47. The number of carbonyl (C=O) groups excluding carboxylic acids is 4. The molecule has 15 nitrogen and oxygen atoms in total. The summed E-state index contributed by atoms with van der Waals surface area (Å²) in [5, 5.41) is 43.1. The van der Waals surface area contributed by atoms with Crippen LogP contribution in [0, 0.1) is 11.6 Å². The predicted molar refractivity (Wildman–Crippen MR) is 141 cm³/mol. The Labute approximate surface area is 245 Å². The largest absolute Gasteiger partial charge is 0.547 e. The van der Waals surface area contributed by atoms with E-state index < -0.39 is 93.9 Å². The molecular weight excluding hydrogens is 603 g/mol. The number of phenols is 2. The van der Waals surface area contributed by atoms with Crippen LogP contribution in [0.2, 0.25) is 5.02 Å². The van der Waals surface area contributed by atoms with Gasteiger partial charge in [-0.2, -0.15) is 0 Å². The molecule has 2 aromatic carbocycles. The average Bonchev–Trinajstić information content (AvgIpc) is 2.94. The van der Waals surface area contributed by atoms with Gasteiger partial charge in [0.05, 0.1) is 11.0 Å². The highest BCUT2D eigenvalue weighted by Crippen LogP contribution is 2.40. The Kier molecular flexibility index (Phi) is 8.93. The minimum Gasteiger partial charge on any atom is -0.534 e. The maximum atomic E-state index is 15.1. The van der Waals surface area contributed by atoms with Crippen molar-refractivity contribution in [2.45, 2.75) is 18.4 Å². The Morgan fingerprint density at radius 1 is 1.16 bits per heavy atom. The number of aromatic carboxylic acids is 1. The molecular formula is C24H23BClF2N5O10. The lowest BCUT2D eigenvalue weighted by molar-refractivity contribution is -0.153. The summed E-state index contributed by atoms with van der Waals surface area (Å²) in [6, 6.07) is -1.08. The number of nitrogens with zero attached hydrogens (tertiary/aromatic N) is 2. The molecule has 0 saturated carbocycles. The number of halogens is 3.